The molecule has 0 aromatic rings. The number of aliphatic hydroxyl groups excluding tert-OH is 1. The molecule has 0 aromatic carbocycles. The number of ether oxygens (including phenoxy) is 2. The molecule has 5 atom stereocenters. The summed E-state index contributed by atoms with van der Waals surface area (Å²) in [6.07, 6.45) is 42.3. The first-order valence-corrected chi connectivity index (χ1v) is 27.2. The molecule has 1 unspecified atom stereocenters. The number of aliphatic hydroxyl groups is 1. The minimum absolute atomic E-state index is 0.0169. The van der Waals surface area contributed by atoms with E-state index < -0.39 is 38.6 Å². The number of hydrogen-bond donors (Lipinski definition) is 1. The summed E-state index contributed by atoms with van der Waals surface area (Å²) in [7, 11) is 1.05. The molecule has 64 heavy (non-hydrogen) atoms. The molecule has 0 fully saturated rings. The molecular weight excluding hydrogens is 830 g/mol. The number of unbranched alkanes of at least 4 members (excludes halogenated alkanes) is 23. The third kappa shape index (κ3) is 36.0. The van der Waals surface area contributed by atoms with E-state index in [1.165, 1.54) is 109 Å². The molecule has 0 heterocycles. The summed E-state index contributed by atoms with van der Waals surface area (Å²) >= 11 is 0. The average molecular weight is 924 g/mol. The first-order chi connectivity index (χ1) is 30.8. The van der Waals surface area contributed by atoms with Crippen molar-refractivity contribution >= 4 is 25.5 Å². The highest BCUT2D eigenvalue weighted by Gasteiger charge is 2.27. The maximum atomic E-state index is 12.8. The van der Waals surface area contributed by atoms with Gasteiger partial charge in [0, 0.05) is 18.8 Å². The lowest BCUT2D eigenvalue weighted by molar-refractivity contribution is -0.870. The van der Waals surface area contributed by atoms with Crippen LogP contribution in [0.2, 0.25) is 0 Å². The first kappa shape index (κ1) is 59.9. The third-order valence-corrected chi connectivity index (χ3v) is 12.9. The maximum absolute atomic E-state index is 12.8. The van der Waals surface area contributed by atoms with Crippen LogP contribution in [0.3, 0.4) is 0 Å². The van der Waals surface area contributed by atoms with Crippen LogP contribution >= 0.6 is 7.82 Å². The number of quaternary nitrogens is 1. The minimum atomic E-state index is -4.69. The van der Waals surface area contributed by atoms with Crippen molar-refractivity contribution in [1.29, 1.82) is 0 Å². The standard InChI is InChI=1S/C52H94NO10P/c1-6-8-10-11-12-13-14-15-16-17-18-19-20-21-22-23-24-25-26-27-32-36-51(56)60-44-48(45-62-64(58,59)61-43-42-53(3,4)5)63-52(57)37-33-29-28-31-34-46-38-41-50(55)49(46)40-39-47(54)35-30-9-7-2/h28,31,38-41,46-49,54H,6-27,29-30,32-37,42-45H2,1-5H3/b31-28-,40-39+/t46-,47-,48+,49+/m0/s1. The Balaban J connectivity index is 2.35. The smallest absolute Gasteiger partial charge is 0.306 e. The minimum Gasteiger partial charge on any atom is -0.756 e. The van der Waals surface area contributed by atoms with Gasteiger partial charge in [-0.3, -0.25) is 18.9 Å². The van der Waals surface area contributed by atoms with E-state index in [9.17, 15) is 28.9 Å². The van der Waals surface area contributed by atoms with Gasteiger partial charge in [-0.05, 0) is 44.1 Å². The van der Waals surface area contributed by atoms with Crippen molar-refractivity contribution < 1.29 is 52.0 Å². The van der Waals surface area contributed by atoms with Crippen molar-refractivity contribution in [2.24, 2.45) is 11.8 Å². The molecule has 0 aliphatic heterocycles. The number of carbonyl (C=O) groups is 3. The zero-order valence-electron chi connectivity index (χ0n) is 41.3. The molecule has 12 heteroatoms. The number of phosphoric ester groups is 1. The summed E-state index contributed by atoms with van der Waals surface area (Å²) in [4.78, 5) is 50.3. The molecule has 1 rings (SSSR count). The zero-order valence-corrected chi connectivity index (χ0v) is 42.2. The van der Waals surface area contributed by atoms with E-state index in [2.05, 4.69) is 13.8 Å². The van der Waals surface area contributed by atoms with E-state index in [0.717, 1.165) is 38.5 Å². The van der Waals surface area contributed by atoms with Crippen LogP contribution in [0, 0.1) is 11.8 Å². The number of nitrogens with zero attached hydrogens (tertiary/aromatic N) is 1. The highest BCUT2D eigenvalue weighted by Crippen LogP contribution is 2.38. The number of allylic oxidation sites excluding steroid dienone is 5. The second-order valence-electron chi connectivity index (χ2n) is 19.2. The molecule has 1 aliphatic carbocycles. The van der Waals surface area contributed by atoms with Gasteiger partial charge >= 0.3 is 11.9 Å². The number of ketones is 1. The van der Waals surface area contributed by atoms with E-state index in [4.69, 9.17) is 18.5 Å². The van der Waals surface area contributed by atoms with Crippen molar-refractivity contribution in [3.8, 4) is 0 Å². The summed E-state index contributed by atoms with van der Waals surface area (Å²) in [5.74, 6) is -1.21. The second kappa shape index (κ2) is 38.9. The Morgan fingerprint density at radius 2 is 1.23 bits per heavy atom. The Hall–Kier alpha value is -2.14. The van der Waals surface area contributed by atoms with Gasteiger partial charge in [0.25, 0.3) is 7.82 Å². The lowest BCUT2D eigenvalue weighted by atomic mass is 9.90. The number of hydrogen-bond acceptors (Lipinski definition) is 10. The predicted octanol–water partition coefficient (Wildman–Crippen LogP) is 12.2. The van der Waals surface area contributed by atoms with Crippen molar-refractivity contribution in [1.82, 2.24) is 0 Å². The van der Waals surface area contributed by atoms with Crippen molar-refractivity contribution in [2.75, 3.05) is 47.5 Å². The van der Waals surface area contributed by atoms with Crippen LogP contribution in [0.4, 0.5) is 0 Å². The van der Waals surface area contributed by atoms with Crippen LogP contribution < -0.4 is 4.89 Å². The van der Waals surface area contributed by atoms with Gasteiger partial charge in [-0.25, -0.2) is 0 Å². The molecule has 1 N–H and O–H groups in total. The number of likely N-dealkylation sites (N-methyl/N-ethyl adjacent to an activating group) is 1. The highest BCUT2D eigenvalue weighted by atomic mass is 31.2. The number of esters is 2. The second-order valence-corrected chi connectivity index (χ2v) is 20.6. The zero-order chi connectivity index (χ0) is 47.2. The Bertz CT molecular complexity index is 1330. The fraction of sp³-hybridized carbons (Fsp3) is 0.827. The quantitative estimate of drug-likeness (QED) is 0.0206. The maximum Gasteiger partial charge on any atom is 0.306 e. The van der Waals surface area contributed by atoms with E-state index in [1.54, 1.807) is 12.2 Å². The Kier molecular flexibility index (Phi) is 36.4. The monoisotopic (exact) mass is 924 g/mol. The fourth-order valence-electron chi connectivity index (χ4n) is 7.76. The summed E-state index contributed by atoms with van der Waals surface area (Å²) < 4.78 is 34.0. The van der Waals surface area contributed by atoms with Crippen LogP contribution in [0.5, 0.6) is 0 Å². The van der Waals surface area contributed by atoms with Gasteiger partial charge in [0.05, 0.1) is 33.9 Å². The molecule has 0 bridgehead atoms. The molecule has 1 aliphatic rings. The number of phosphoric acid groups is 1. The number of rotatable bonds is 44. The van der Waals surface area contributed by atoms with Gasteiger partial charge < -0.3 is 33.0 Å². The van der Waals surface area contributed by atoms with Gasteiger partial charge in [0.1, 0.15) is 19.8 Å². The Morgan fingerprint density at radius 1 is 0.719 bits per heavy atom. The first-order valence-electron chi connectivity index (χ1n) is 25.8. The SMILES string of the molecule is CCCCCCCCCCCCCCCCCCCCCCCC(=O)OC[C@H](COP(=O)([O-])OCC[N+](C)(C)C)OC(=O)CCC/C=C\C[C@H]1C=CC(=O)[C@@H]1/C=C/[C@@H](O)CCCCC. The normalized spacial score (nSPS) is 17.4. The lowest BCUT2D eigenvalue weighted by Crippen LogP contribution is -2.37. The molecule has 0 amide bonds. The average Bonchev–Trinajstić information content (AvgIpc) is 3.60. The molecule has 0 aromatic heterocycles. The number of carbonyl (C=O) groups excluding carboxylic acids is 3. The third-order valence-electron chi connectivity index (χ3n) is 11.9. The van der Waals surface area contributed by atoms with Crippen molar-refractivity contribution in [3.63, 3.8) is 0 Å². The highest BCUT2D eigenvalue weighted by molar-refractivity contribution is 7.45. The largest absolute Gasteiger partial charge is 0.756 e. The summed E-state index contributed by atoms with van der Waals surface area (Å²) in [6, 6.07) is 0. The molecule has 0 spiro atoms. The Labute approximate surface area is 390 Å². The lowest BCUT2D eigenvalue weighted by Gasteiger charge is -2.28. The van der Waals surface area contributed by atoms with Gasteiger partial charge in [-0.15, -0.1) is 0 Å². The molecule has 11 nitrogen and oxygen atoms in total. The topological polar surface area (TPSA) is 148 Å². The predicted molar refractivity (Wildman–Crippen MR) is 259 cm³/mol. The molecular formula is C52H94NO10P. The molecule has 0 saturated carbocycles. The van der Waals surface area contributed by atoms with Gasteiger partial charge in [0.15, 0.2) is 11.9 Å². The van der Waals surface area contributed by atoms with Crippen molar-refractivity contribution in [3.05, 3.63) is 36.5 Å². The van der Waals surface area contributed by atoms with Crippen LogP contribution in [0.25, 0.3) is 0 Å². The van der Waals surface area contributed by atoms with Gasteiger partial charge in [-0.2, -0.15) is 0 Å². The molecule has 0 saturated heterocycles. The van der Waals surface area contributed by atoms with Crippen LogP contribution in [-0.4, -0.2) is 87.0 Å². The summed E-state index contributed by atoms with van der Waals surface area (Å²) in [6.45, 7) is 3.93. The summed E-state index contributed by atoms with van der Waals surface area (Å²) in [5.41, 5.74) is 0. The van der Waals surface area contributed by atoms with E-state index in [1.807, 2.05) is 45.4 Å². The van der Waals surface area contributed by atoms with Gasteiger partial charge in [-0.1, -0.05) is 192 Å². The van der Waals surface area contributed by atoms with E-state index in [-0.39, 0.29) is 43.7 Å². The molecule has 372 valence electrons. The summed E-state index contributed by atoms with van der Waals surface area (Å²) in [5, 5.41) is 10.2. The molecule has 0 radical (unpaired) electrons. The fourth-order valence-corrected chi connectivity index (χ4v) is 8.49. The van der Waals surface area contributed by atoms with Crippen molar-refractivity contribution in [2.45, 2.75) is 219 Å². The van der Waals surface area contributed by atoms with Crippen LogP contribution in [0.1, 0.15) is 206 Å². The van der Waals surface area contributed by atoms with Crippen LogP contribution in [-0.2, 0) is 37.5 Å². The Morgan fingerprint density at radius 3 is 1.78 bits per heavy atom. The van der Waals surface area contributed by atoms with E-state index in [0.29, 0.717) is 43.1 Å². The van der Waals surface area contributed by atoms with Crippen LogP contribution in [0.15, 0.2) is 36.5 Å². The van der Waals surface area contributed by atoms with Gasteiger partial charge in [0.2, 0.25) is 0 Å². The van der Waals surface area contributed by atoms with E-state index >= 15 is 0 Å².